The number of ether oxygens (including phenoxy) is 2. The molecule has 0 saturated carbocycles. The highest BCUT2D eigenvalue weighted by molar-refractivity contribution is 6.22. The van der Waals surface area contributed by atoms with E-state index in [1.54, 1.807) is 42.5 Å². The van der Waals surface area contributed by atoms with Crippen molar-refractivity contribution in [1.82, 2.24) is 0 Å². The number of carbonyl (C=O) groups is 2. The Morgan fingerprint density at radius 1 is 1.04 bits per heavy atom. The Morgan fingerprint density at radius 2 is 1.78 bits per heavy atom. The molecule has 118 valence electrons. The Hall–Kier alpha value is -2.82. The van der Waals surface area contributed by atoms with Crippen LogP contribution in [0.4, 0.5) is 5.69 Å². The molecule has 5 heteroatoms. The zero-order valence-corrected chi connectivity index (χ0v) is 12.8. The monoisotopic (exact) mass is 311 g/mol. The SMILES string of the molecule is CCOc1cccc(OC2CC(=O)N(c3ccccc3)C2=O)c1. The van der Waals surface area contributed by atoms with Gasteiger partial charge in [0.2, 0.25) is 5.91 Å². The molecule has 2 amide bonds. The fourth-order valence-electron chi connectivity index (χ4n) is 2.51. The van der Waals surface area contributed by atoms with Crippen molar-refractivity contribution in [2.75, 3.05) is 11.5 Å². The zero-order chi connectivity index (χ0) is 16.2. The summed E-state index contributed by atoms with van der Waals surface area (Å²) in [6.07, 6.45) is -0.772. The molecule has 0 aromatic heterocycles. The fourth-order valence-corrected chi connectivity index (χ4v) is 2.51. The number of anilines is 1. The Bertz CT molecular complexity index is 714. The quantitative estimate of drug-likeness (QED) is 0.797. The topological polar surface area (TPSA) is 55.8 Å². The smallest absolute Gasteiger partial charge is 0.275 e. The van der Waals surface area contributed by atoms with Gasteiger partial charge >= 0.3 is 0 Å². The number of hydrogen-bond acceptors (Lipinski definition) is 4. The molecule has 23 heavy (non-hydrogen) atoms. The predicted molar refractivity (Wildman–Crippen MR) is 85.6 cm³/mol. The van der Waals surface area contributed by atoms with Crippen molar-refractivity contribution in [3.63, 3.8) is 0 Å². The van der Waals surface area contributed by atoms with Crippen LogP contribution in [-0.2, 0) is 9.59 Å². The molecule has 1 unspecified atom stereocenters. The molecule has 1 atom stereocenters. The van der Waals surface area contributed by atoms with Gasteiger partial charge in [-0.1, -0.05) is 24.3 Å². The number of para-hydroxylation sites is 1. The van der Waals surface area contributed by atoms with Gasteiger partial charge in [-0.3, -0.25) is 9.59 Å². The van der Waals surface area contributed by atoms with Crippen LogP contribution < -0.4 is 14.4 Å². The average Bonchev–Trinajstić information content (AvgIpc) is 2.83. The van der Waals surface area contributed by atoms with E-state index < -0.39 is 6.10 Å². The second-order valence-corrected chi connectivity index (χ2v) is 5.12. The molecule has 1 heterocycles. The van der Waals surface area contributed by atoms with E-state index in [1.165, 1.54) is 4.90 Å². The Kier molecular flexibility index (Phi) is 4.28. The van der Waals surface area contributed by atoms with Gasteiger partial charge in [-0.2, -0.15) is 0 Å². The van der Waals surface area contributed by atoms with Gasteiger partial charge in [-0.05, 0) is 31.2 Å². The van der Waals surface area contributed by atoms with Crippen LogP contribution in [0.3, 0.4) is 0 Å². The molecule has 1 saturated heterocycles. The van der Waals surface area contributed by atoms with Crippen LogP contribution in [0.15, 0.2) is 54.6 Å². The zero-order valence-electron chi connectivity index (χ0n) is 12.8. The summed E-state index contributed by atoms with van der Waals surface area (Å²) in [6, 6.07) is 15.9. The van der Waals surface area contributed by atoms with Gasteiger partial charge < -0.3 is 9.47 Å². The van der Waals surface area contributed by atoms with Gasteiger partial charge in [0.05, 0.1) is 18.7 Å². The van der Waals surface area contributed by atoms with Gasteiger partial charge in [0, 0.05) is 6.07 Å². The van der Waals surface area contributed by atoms with E-state index in [1.807, 2.05) is 19.1 Å². The number of rotatable bonds is 5. The van der Waals surface area contributed by atoms with Crippen LogP contribution in [0.25, 0.3) is 0 Å². The molecule has 1 aliphatic heterocycles. The number of imide groups is 1. The first kappa shape index (κ1) is 15.1. The number of amides is 2. The summed E-state index contributed by atoms with van der Waals surface area (Å²) < 4.78 is 11.1. The van der Waals surface area contributed by atoms with E-state index >= 15 is 0 Å². The van der Waals surface area contributed by atoms with Crippen molar-refractivity contribution in [3.05, 3.63) is 54.6 Å². The third-order valence-electron chi connectivity index (χ3n) is 3.51. The van der Waals surface area contributed by atoms with Crippen LogP contribution in [0.2, 0.25) is 0 Å². The van der Waals surface area contributed by atoms with Crippen LogP contribution >= 0.6 is 0 Å². The lowest BCUT2D eigenvalue weighted by molar-refractivity contribution is -0.123. The molecule has 1 fully saturated rings. The molecule has 1 aliphatic rings. The van der Waals surface area contributed by atoms with Crippen molar-refractivity contribution < 1.29 is 19.1 Å². The lowest BCUT2D eigenvalue weighted by Crippen LogP contribution is -2.33. The summed E-state index contributed by atoms with van der Waals surface area (Å²) >= 11 is 0. The molecule has 0 aliphatic carbocycles. The van der Waals surface area contributed by atoms with Crippen LogP contribution in [0.5, 0.6) is 11.5 Å². The lowest BCUT2D eigenvalue weighted by Gasteiger charge is -2.15. The molecule has 0 bridgehead atoms. The minimum absolute atomic E-state index is 0.0343. The van der Waals surface area contributed by atoms with Crippen LogP contribution in [-0.4, -0.2) is 24.5 Å². The van der Waals surface area contributed by atoms with Crippen molar-refractivity contribution in [3.8, 4) is 11.5 Å². The first-order valence-corrected chi connectivity index (χ1v) is 7.50. The van der Waals surface area contributed by atoms with Gasteiger partial charge in [-0.25, -0.2) is 4.90 Å². The number of benzene rings is 2. The highest BCUT2D eigenvalue weighted by atomic mass is 16.5. The number of nitrogens with zero attached hydrogens (tertiary/aromatic N) is 1. The molecular formula is C18H17NO4. The highest BCUT2D eigenvalue weighted by Gasteiger charge is 2.41. The number of carbonyl (C=O) groups excluding carboxylic acids is 2. The maximum atomic E-state index is 12.5. The largest absolute Gasteiger partial charge is 0.494 e. The Labute approximate surface area is 134 Å². The van der Waals surface area contributed by atoms with E-state index in [0.717, 1.165) is 0 Å². The van der Waals surface area contributed by atoms with Crippen LogP contribution in [0, 0.1) is 0 Å². The first-order valence-electron chi connectivity index (χ1n) is 7.50. The minimum atomic E-state index is -0.806. The summed E-state index contributed by atoms with van der Waals surface area (Å²) in [5, 5.41) is 0. The standard InChI is InChI=1S/C18H17NO4/c1-2-22-14-9-6-10-15(11-14)23-16-12-17(20)19(18(16)21)13-7-4-3-5-8-13/h3-11,16H,2,12H2,1H3. The van der Waals surface area contributed by atoms with Gasteiger partial charge in [-0.15, -0.1) is 0 Å². The van der Waals surface area contributed by atoms with E-state index in [4.69, 9.17) is 9.47 Å². The predicted octanol–water partition coefficient (Wildman–Crippen LogP) is 2.80. The van der Waals surface area contributed by atoms with Crippen LogP contribution in [0.1, 0.15) is 13.3 Å². The molecule has 0 radical (unpaired) electrons. The minimum Gasteiger partial charge on any atom is -0.494 e. The summed E-state index contributed by atoms with van der Waals surface area (Å²) in [6.45, 7) is 2.44. The first-order chi connectivity index (χ1) is 11.2. The summed E-state index contributed by atoms with van der Waals surface area (Å²) in [5.74, 6) is 0.578. The second-order valence-electron chi connectivity index (χ2n) is 5.12. The third kappa shape index (κ3) is 3.18. The van der Waals surface area contributed by atoms with Gasteiger partial charge in [0.1, 0.15) is 11.5 Å². The highest BCUT2D eigenvalue weighted by Crippen LogP contribution is 2.27. The molecule has 3 rings (SSSR count). The molecule has 2 aromatic rings. The summed E-state index contributed by atoms with van der Waals surface area (Å²) in [4.78, 5) is 25.8. The van der Waals surface area contributed by atoms with E-state index in [9.17, 15) is 9.59 Å². The summed E-state index contributed by atoms with van der Waals surface area (Å²) in [7, 11) is 0. The van der Waals surface area contributed by atoms with Crippen molar-refractivity contribution in [2.24, 2.45) is 0 Å². The molecular weight excluding hydrogens is 294 g/mol. The van der Waals surface area contributed by atoms with Gasteiger partial charge in [0.25, 0.3) is 5.91 Å². The lowest BCUT2D eigenvalue weighted by atomic mass is 10.3. The molecule has 0 N–H and O–H groups in total. The average molecular weight is 311 g/mol. The van der Waals surface area contributed by atoms with Crippen molar-refractivity contribution >= 4 is 17.5 Å². The van der Waals surface area contributed by atoms with Crippen molar-refractivity contribution in [1.29, 1.82) is 0 Å². The fraction of sp³-hybridized carbons (Fsp3) is 0.222. The third-order valence-corrected chi connectivity index (χ3v) is 3.51. The number of hydrogen-bond donors (Lipinski definition) is 0. The van der Waals surface area contributed by atoms with E-state index in [0.29, 0.717) is 23.8 Å². The van der Waals surface area contributed by atoms with E-state index in [-0.39, 0.29) is 18.2 Å². The van der Waals surface area contributed by atoms with E-state index in [2.05, 4.69) is 0 Å². The summed E-state index contributed by atoms with van der Waals surface area (Å²) in [5.41, 5.74) is 0.566. The van der Waals surface area contributed by atoms with Crippen molar-refractivity contribution in [2.45, 2.75) is 19.4 Å². The van der Waals surface area contributed by atoms with Gasteiger partial charge in [0.15, 0.2) is 6.10 Å². The molecule has 5 nitrogen and oxygen atoms in total. The maximum absolute atomic E-state index is 12.5. The Balaban J connectivity index is 1.76. The normalized spacial score (nSPS) is 17.4. The Morgan fingerprint density at radius 3 is 2.52 bits per heavy atom. The molecule has 2 aromatic carbocycles. The second kappa shape index (κ2) is 6.52. The maximum Gasteiger partial charge on any atom is 0.275 e. The molecule has 0 spiro atoms.